The Labute approximate surface area is 73.1 Å². The standard InChI is InChI=1S/C7H6N2O2S/c10-5-2-1-4-3-8-9-12-7(4)6(5)11/h1-3,9-11H. The molecule has 1 aliphatic heterocycles. The molecule has 4 nitrogen and oxygen atoms in total. The molecule has 0 aliphatic carbocycles. The van der Waals surface area contributed by atoms with Gasteiger partial charge in [0.1, 0.15) is 0 Å². The highest BCUT2D eigenvalue weighted by Gasteiger charge is 2.13. The Kier molecular flexibility index (Phi) is 1.58. The van der Waals surface area contributed by atoms with Crippen molar-refractivity contribution in [3.8, 4) is 11.5 Å². The third-order valence-electron chi connectivity index (χ3n) is 1.54. The zero-order valence-corrected chi connectivity index (χ0v) is 6.80. The first kappa shape index (κ1) is 7.30. The molecule has 0 saturated carbocycles. The van der Waals surface area contributed by atoms with E-state index >= 15 is 0 Å². The summed E-state index contributed by atoms with van der Waals surface area (Å²) in [4.78, 5) is 3.23. The van der Waals surface area contributed by atoms with E-state index in [1.807, 2.05) is 0 Å². The second-order valence-electron chi connectivity index (χ2n) is 2.30. The molecule has 0 bridgehead atoms. The molecule has 0 aromatic heterocycles. The van der Waals surface area contributed by atoms with Gasteiger partial charge in [-0.1, -0.05) is 0 Å². The lowest BCUT2D eigenvalue weighted by Gasteiger charge is -2.11. The van der Waals surface area contributed by atoms with Gasteiger partial charge >= 0.3 is 0 Å². The van der Waals surface area contributed by atoms with Crippen LogP contribution >= 0.6 is 11.9 Å². The second-order valence-corrected chi connectivity index (χ2v) is 3.10. The summed E-state index contributed by atoms with van der Waals surface area (Å²) in [6, 6.07) is 3.13. The van der Waals surface area contributed by atoms with E-state index in [1.54, 1.807) is 12.3 Å². The van der Waals surface area contributed by atoms with Crippen LogP contribution in [-0.2, 0) is 0 Å². The van der Waals surface area contributed by atoms with Gasteiger partial charge < -0.3 is 10.2 Å². The first-order valence-electron chi connectivity index (χ1n) is 3.29. The van der Waals surface area contributed by atoms with E-state index in [1.165, 1.54) is 18.0 Å². The van der Waals surface area contributed by atoms with Crippen LogP contribution in [0.5, 0.6) is 11.5 Å². The van der Waals surface area contributed by atoms with Gasteiger partial charge in [0, 0.05) is 17.5 Å². The van der Waals surface area contributed by atoms with Crippen molar-refractivity contribution in [1.82, 2.24) is 4.83 Å². The minimum absolute atomic E-state index is 0.101. The number of hydrogen-bond acceptors (Lipinski definition) is 5. The Bertz CT molecular complexity index is 352. The number of nitrogens with one attached hydrogen (secondary N) is 1. The van der Waals surface area contributed by atoms with E-state index in [2.05, 4.69) is 9.93 Å². The third-order valence-corrected chi connectivity index (χ3v) is 2.37. The molecule has 12 heavy (non-hydrogen) atoms. The molecule has 3 N–H and O–H groups in total. The maximum absolute atomic E-state index is 9.37. The predicted molar refractivity (Wildman–Crippen MR) is 46.4 cm³/mol. The number of nitrogens with zero attached hydrogens (tertiary/aromatic N) is 1. The molecule has 0 unspecified atom stereocenters. The average Bonchev–Trinajstić information content (AvgIpc) is 2.12. The molecule has 2 rings (SSSR count). The summed E-state index contributed by atoms with van der Waals surface area (Å²) in [7, 11) is 0. The topological polar surface area (TPSA) is 64.8 Å². The van der Waals surface area contributed by atoms with Crippen LogP contribution in [0.1, 0.15) is 5.56 Å². The summed E-state index contributed by atoms with van der Waals surface area (Å²) in [5.74, 6) is -0.213. The molecule has 1 aliphatic rings. The maximum Gasteiger partial charge on any atom is 0.173 e. The van der Waals surface area contributed by atoms with E-state index < -0.39 is 0 Å². The Hall–Kier alpha value is -1.36. The Morgan fingerprint density at radius 3 is 3.00 bits per heavy atom. The zero-order valence-electron chi connectivity index (χ0n) is 5.98. The van der Waals surface area contributed by atoms with Crippen LogP contribution in [0, 0.1) is 0 Å². The number of fused-ring (bicyclic) bond motifs is 1. The SMILES string of the molecule is Oc1ccc2c(c1O)SNN=C2. The summed E-state index contributed by atoms with van der Waals surface area (Å²) in [5.41, 5.74) is 0.800. The lowest BCUT2D eigenvalue weighted by molar-refractivity contribution is 0.394. The molecule has 0 spiro atoms. The van der Waals surface area contributed by atoms with Gasteiger partial charge in [0.2, 0.25) is 0 Å². The van der Waals surface area contributed by atoms with E-state index in [-0.39, 0.29) is 11.5 Å². The smallest absolute Gasteiger partial charge is 0.173 e. The van der Waals surface area contributed by atoms with Gasteiger partial charge in [-0.3, -0.25) is 0 Å². The molecule has 0 atom stereocenters. The number of phenolic OH excluding ortho intramolecular Hbond substituents is 2. The van der Waals surface area contributed by atoms with Crippen molar-refractivity contribution >= 4 is 18.2 Å². The lowest BCUT2D eigenvalue weighted by Crippen LogP contribution is -2.02. The second kappa shape index (κ2) is 2.60. The number of benzene rings is 1. The van der Waals surface area contributed by atoms with E-state index in [0.717, 1.165) is 5.56 Å². The van der Waals surface area contributed by atoms with Crippen molar-refractivity contribution in [2.75, 3.05) is 0 Å². The summed E-state index contributed by atoms with van der Waals surface area (Å²) in [5, 5.41) is 22.3. The van der Waals surface area contributed by atoms with Crippen LogP contribution in [0.4, 0.5) is 0 Å². The monoisotopic (exact) mass is 182 g/mol. The van der Waals surface area contributed by atoms with Crippen molar-refractivity contribution in [3.05, 3.63) is 17.7 Å². The maximum atomic E-state index is 9.37. The molecule has 5 heteroatoms. The molecular formula is C7H6N2O2S. The number of hydrogen-bond donors (Lipinski definition) is 3. The van der Waals surface area contributed by atoms with Gasteiger partial charge in [0.15, 0.2) is 11.5 Å². The van der Waals surface area contributed by atoms with E-state index in [4.69, 9.17) is 5.11 Å². The predicted octanol–water partition coefficient (Wildman–Crippen LogP) is 1.04. The van der Waals surface area contributed by atoms with Gasteiger partial charge in [0.25, 0.3) is 0 Å². The first-order valence-corrected chi connectivity index (χ1v) is 4.10. The summed E-state index contributed by atoms with van der Waals surface area (Å²) in [6.45, 7) is 0. The molecule has 1 aromatic carbocycles. The summed E-state index contributed by atoms with van der Waals surface area (Å²) in [6.07, 6.45) is 1.59. The fraction of sp³-hybridized carbons (Fsp3) is 0. The number of hydrazone groups is 1. The lowest BCUT2D eigenvalue weighted by atomic mass is 10.2. The molecule has 0 saturated heterocycles. The average molecular weight is 182 g/mol. The molecule has 0 fully saturated rings. The van der Waals surface area contributed by atoms with Crippen LogP contribution in [0.2, 0.25) is 0 Å². The minimum Gasteiger partial charge on any atom is -0.504 e. The van der Waals surface area contributed by atoms with Crippen LogP contribution in [0.3, 0.4) is 0 Å². The number of phenols is 2. The quantitative estimate of drug-likeness (QED) is 0.414. The fourth-order valence-electron chi connectivity index (χ4n) is 0.953. The fourth-order valence-corrected chi connectivity index (χ4v) is 1.59. The normalized spacial score (nSPS) is 13.7. The van der Waals surface area contributed by atoms with Gasteiger partial charge in [-0.2, -0.15) is 5.10 Å². The van der Waals surface area contributed by atoms with Crippen molar-refractivity contribution < 1.29 is 10.2 Å². The molecule has 62 valence electrons. The Morgan fingerprint density at radius 1 is 1.33 bits per heavy atom. The van der Waals surface area contributed by atoms with Crippen molar-refractivity contribution in [3.63, 3.8) is 0 Å². The molecule has 0 radical (unpaired) electrons. The zero-order chi connectivity index (χ0) is 8.55. The van der Waals surface area contributed by atoms with Crippen LogP contribution in [-0.4, -0.2) is 16.4 Å². The largest absolute Gasteiger partial charge is 0.504 e. The van der Waals surface area contributed by atoms with Gasteiger partial charge in [-0.15, -0.1) is 0 Å². The van der Waals surface area contributed by atoms with Crippen LogP contribution < -0.4 is 4.83 Å². The van der Waals surface area contributed by atoms with Crippen molar-refractivity contribution in [2.45, 2.75) is 4.90 Å². The van der Waals surface area contributed by atoms with E-state index in [9.17, 15) is 5.11 Å². The van der Waals surface area contributed by atoms with Gasteiger partial charge in [-0.05, 0) is 12.1 Å². The highest BCUT2D eigenvalue weighted by molar-refractivity contribution is 7.97. The Balaban J connectivity index is 2.63. The van der Waals surface area contributed by atoms with Crippen molar-refractivity contribution in [1.29, 1.82) is 0 Å². The van der Waals surface area contributed by atoms with E-state index in [0.29, 0.717) is 4.90 Å². The van der Waals surface area contributed by atoms with Crippen LogP contribution in [0.15, 0.2) is 22.1 Å². The molecule has 0 amide bonds. The highest BCUT2D eigenvalue weighted by atomic mass is 32.2. The summed E-state index contributed by atoms with van der Waals surface area (Å²) >= 11 is 1.17. The van der Waals surface area contributed by atoms with Gasteiger partial charge in [-0.25, -0.2) is 4.83 Å². The molecular weight excluding hydrogens is 176 g/mol. The molecule has 1 aromatic rings. The minimum atomic E-state index is -0.113. The summed E-state index contributed by atoms with van der Waals surface area (Å²) < 4.78 is 0. The number of aromatic hydroxyl groups is 2. The highest BCUT2D eigenvalue weighted by Crippen LogP contribution is 2.37. The third kappa shape index (κ3) is 0.984. The first-order chi connectivity index (χ1) is 5.79. The molecule has 1 heterocycles. The van der Waals surface area contributed by atoms with Gasteiger partial charge in [0.05, 0.1) is 11.1 Å². The Morgan fingerprint density at radius 2 is 2.17 bits per heavy atom. The van der Waals surface area contributed by atoms with Crippen molar-refractivity contribution in [2.24, 2.45) is 5.10 Å². The van der Waals surface area contributed by atoms with Crippen LogP contribution in [0.25, 0.3) is 0 Å². The number of rotatable bonds is 0.